The fourth-order valence-electron chi connectivity index (χ4n) is 3.30. The van der Waals surface area contributed by atoms with Crippen LogP contribution in [0.2, 0.25) is 0 Å². The Bertz CT molecular complexity index is 1140. The van der Waals surface area contributed by atoms with Gasteiger partial charge in [-0.3, -0.25) is 14.7 Å². The zero-order valence-corrected chi connectivity index (χ0v) is 16.1. The summed E-state index contributed by atoms with van der Waals surface area (Å²) in [6.45, 7) is 0.518. The normalized spacial score (nSPS) is 10.7. The lowest BCUT2D eigenvalue weighted by molar-refractivity contribution is 0.0706. The van der Waals surface area contributed by atoms with Gasteiger partial charge in [-0.25, -0.2) is 9.87 Å². The van der Waals surface area contributed by atoms with Gasteiger partial charge in [-0.1, -0.05) is 42.5 Å². The molecule has 1 heterocycles. The number of nitrogens with zero attached hydrogens (tertiary/aromatic N) is 2. The van der Waals surface area contributed by atoms with Gasteiger partial charge in [0.25, 0.3) is 5.91 Å². The highest BCUT2D eigenvalue weighted by Gasteiger charge is 2.12. The Kier molecular flexibility index (Phi) is 5.68. The van der Waals surface area contributed by atoms with Crippen molar-refractivity contribution in [1.82, 2.24) is 15.3 Å². The van der Waals surface area contributed by atoms with Crippen molar-refractivity contribution in [2.75, 3.05) is 0 Å². The van der Waals surface area contributed by atoms with E-state index in [2.05, 4.69) is 12.1 Å². The predicted molar refractivity (Wildman–Crippen MR) is 112 cm³/mol. The third kappa shape index (κ3) is 4.45. The number of hydroxylamine groups is 1. The van der Waals surface area contributed by atoms with Gasteiger partial charge in [0.15, 0.2) is 0 Å². The minimum absolute atomic E-state index is 0.283. The Balaban J connectivity index is 1.65. The largest absolute Gasteiger partial charge is 0.288 e. The first kappa shape index (κ1) is 19.5. The predicted octanol–water partition coefficient (Wildman–Crippen LogP) is 4.45. The van der Waals surface area contributed by atoms with Crippen molar-refractivity contribution in [2.24, 2.45) is 0 Å². The van der Waals surface area contributed by atoms with E-state index in [1.807, 2.05) is 41.1 Å². The molecule has 0 bridgehead atoms. The Morgan fingerprint density at radius 2 is 1.63 bits per heavy atom. The van der Waals surface area contributed by atoms with Gasteiger partial charge in [-0.2, -0.15) is 5.10 Å². The second-order valence-corrected chi connectivity index (χ2v) is 6.99. The van der Waals surface area contributed by atoms with Gasteiger partial charge in [-0.05, 0) is 53.6 Å². The molecule has 150 valence electrons. The molecule has 0 aliphatic carbocycles. The average molecular weight is 401 g/mol. The number of aromatic nitrogens is 2. The summed E-state index contributed by atoms with van der Waals surface area (Å²) in [4.78, 5) is 11.5. The molecule has 0 aliphatic heterocycles. The number of nitrogens with one attached hydrogen (secondary N) is 1. The van der Waals surface area contributed by atoms with Crippen molar-refractivity contribution in [2.45, 2.75) is 13.0 Å². The lowest BCUT2D eigenvalue weighted by Gasteiger charge is -2.08. The maximum Gasteiger partial charge on any atom is 0.274 e. The first-order chi connectivity index (χ1) is 14.6. The summed E-state index contributed by atoms with van der Waals surface area (Å²) in [5, 5.41) is 13.5. The molecule has 0 atom stereocenters. The molecule has 0 fully saturated rings. The van der Waals surface area contributed by atoms with Crippen LogP contribution in [0.1, 0.15) is 27.2 Å². The van der Waals surface area contributed by atoms with E-state index in [0.29, 0.717) is 18.5 Å². The van der Waals surface area contributed by atoms with Crippen LogP contribution < -0.4 is 5.48 Å². The second-order valence-electron chi connectivity index (χ2n) is 6.99. The molecule has 4 rings (SSSR count). The molecule has 4 aromatic rings. The fraction of sp³-hybridized carbons (Fsp3) is 0.0833. The molecule has 0 saturated heterocycles. The molecule has 5 nitrogen and oxygen atoms in total. The van der Waals surface area contributed by atoms with Crippen LogP contribution in [0.5, 0.6) is 0 Å². The molecular formula is C24H20FN3O2. The first-order valence-corrected chi connectivity index (χ1v) is 9.52. The maximum absolute atomic E-state index is 13.3. The van der Waals surface area contributed by atoms with Crippen LogP contribution in [0.15, 0.2) is 84.9 Å². The van der Waals surface area contributed by atoms with Crippen molar-refractivity contribution in [3.05, 3.63) is 113 Å². The monoisotopic (exact) mass is 401 g/mol. The molecule has 0 aliphatic rings. The third-order valence-electron chi connectivity index (χ3n) is 4.88. The van der Waals surface area contributed by atoms with E-state index in [0.717, 1.165) is 22.5 Å². The van der Waals surface area contributed by atoms with Crippen LogP contribution in [0, 0.1) is 5.82 Å². The maximum atomic E-state index is 13.3. The quantitative estimate of drug-likeness (QED) is 0.371. The van der Waals surface area contributed by atoms with Crippen LogP contribution >= 0.6 is 0 Å². The third-order valence-corrected chi connectivity index (χ3v) is 4.88. The highest BCUT2D eigenvalue weighted by molar-refractivity contribution is 5.93. The van der Waals surface area contributed by atoms with Gasteiger partial charge >= 0.3 is 0 Å². The topological polar surface area (TPSA) is 67.2 Å². The summed E-state index contributed by atoms with van der Waals surface area (Å²) in [7, 11) is 0. The minimum atomic E-state index is -0.552. The van der Waals surface area contributed by atoms with Crippen molar-refractivity contribution in [3.63, 3.8) is 0 Å². The Morgan fingerprint density at radius 3 is 2.30 bits per heavy atom. The molecule has 1 amide bonds. The summed E-state index contributed by atoms with van der Waals surface area (Å²) in [5.74, 6) is -0.835. The molecule has 3 aromatic carbocycles. The van der Waals surface area contributed by atoms with Crippen molar-refractivity contribution in [3.8, 4) is 11.3 Å². The molecule has 0 spiro atoms. The van der Waals surface area contributed by atoms with Gasteiger partial charge in [0.1, 0.15) is 5.82 Å². The zero-order valence-electron chi connectivity index (χ0n) is 16.1. The van der Waals surface area contributed by atoms with Crippen molar-refractivity contribution < 1.29 is 14.4 Å². The SMILES string of the molecule is O=C(NO)c1ccc(Cn2nc(-c3ccc(F)cc3)cc2Cc2ccccc2)cc1. The van der Waals surface area contributed by atoms with E-state index in [4.69, 9.17) is 10.3 Å². The van der Waals surface area contributed by atoms with E-state index < -0.39 is 5.91 Å². The summed E-state index contributed by atoms with van der Waals surface area (Å²) in [6, 6.07) is 25.4. The Morgan fingerprint density at radius 1 is 0.933 bits per heavy atom. The highest BCUT2D eigenvalue weighted by Crippen LogP contribution is 2.22. The molecule has 0 unspecified atom stereocenters. The van der Waals surface area contributed by atoms with Crippen molar-refractivity contribution >= 4 is 5.91 Å². The van der Waals surface area contributed by atoms with E-state index in [9.17, 15) is 9.18 Å². The van der Waals surface area contributed by atoms with Gasteiger partial charge in [0.2, 0.25) is 0 Å². The van der Waals surface area contributed by atoms with Crippen LogP contribution in [0.3, 0.4) is 0 Å². The van der Waals surface area contributed by atoms with E-state index in [1.165, 1.54) is 17.7 Å². The van der Waals surface area contributed by atoms with E-state index >= 15 is 0 Å². The number of hydrogen-bond acceptors (Lipinski definition) is 3. The molecule has 0 radical (unpaired) electrons. The number of carbonyl (C=O) groups excluding carboxylic acids is 1. The van der Waals surface area contributed by atoms with Crippen LogP contribution in [0.4, 0.5) is 4.39 Å². The summed E-state index contributed by atoms with van der Waals surface area (Å²) < 4.78 is 15.2. The number of hydrogen-bond donors (Lipinski definition) is 2. The van der Waals surface area contributed by atoms with Crippen molar-refractivity contribution in [1.29, 1.82) is 0 Å². The Hall–Kier alpha value is -3.77. The summed E-state index contributed by atoms with van der Waals surface area (Å²) >= 11 is 0. The fourth-order valence-corrected chi connectivity index (χ4v) is 3.30. The molecule has 1 aromatic heterocycles. The molecule has 30 heavy (non-hydrogen) atoms. The zero-order chi connectivity index (χ0) is 20.9. The number of rotatable bonds is 6. The van der Waals surface area contributed by atoms with Gasteiger partial charge < -0.3 is 0 Å². The number of amides is 1. The molecule has 2 N–H and O–H groups in total. The summed E-state index contributed by atoms with van der Waals surface area (Å²) in [5.41, 5.74) is 6.78. The van der Waals surface area contributed by atoms with Crippen LogP contribution in [-0.4, -0.2) is 20.9 Å². The van der Waals surface area contributed by atoms with Gasteiger partial charge in [0, 0.05) is 23.2 Å². The average Bonchev–Trinajstić information content (AvgIpc) is 3.17. The van der Waals surface area contributed by atoms with Crippen LogP contribution in [0.25, 0.3) is 11.3 Å². The van der Waals surface area contributed by atoms with Crippen LogP contribution in [-0.2, 0) is 13.0 Å². The van der Waals surface area contributed by atoms with E-state index in [-0.39, 0.29) is 5.82 Å². The molecular weight excluding hydrogens is 381 g/mol. The lowest BCUT2D eigenvalue weighted by Crippen LogP contribution is -2.18. The van der Waals surface area contributed by atoms with E-state index in [1.54, 1.807) is 29.7 Å². The standard InChI is InChI=1S/C24H20FN3O2/c25-21-12-10-19(11-13-21)23-15-22(14-17-4-2-1-3-5-17)28(26-23)16-18-6-8-20(9-7-18)24(29)27-30/h1-13,15,30H,14,16H2,(H,27,29). The molecule has 0 saturated carbocycles. The summed E-state index contributed by atoms with van der Waals surface area (Å²) in [6.07, 6.45) is 0.708. The highest BCUT2D eigenvalue weighted by atomic mass is 19.1. The Labute approximate surface area is 173 Å². The number of halogens is 1. The first-order valence-electron chi connectivity index (χ1n) is 9.52. The number of benzene rings is 3. The van der Waals surface area contributed by atoms with Gasteiger partial charge in [-0.15, -0.1) is 0 Å². The lowest BCUT2D eigenvalue weighted by atomic mass is 10.1. The second kappa shape index (κ2) is 8.71. The minimum Gasteiger partial charge on any atom is -0.288 e. The molecule has 6 heteroatoms. The number of carbonyl (C=O) groups is 1. The van der Waals surface area contributed by atoms with Gasteiger partial charge in [0.05, 0.1) is 12.2 Å². The smallest absolute Gasteiger partial charge is 0.274 e.